The number of nitrogens with one attached hydrogen (secondary N) is 2. The first-order valence-electron chi connectivity index (χ1n) is 9.08. The molecule has 1 amide bonds. The summed E-state index contributed by atoms with van der Waals surface area (Å²) < 4.78 is 4.92. The fourth-order valence-corrected chi connectivity index (χ4v) is 4.41. The maximum absolute atomic E-state index is 12.9. The normalized spacial score (nSPS) is 10.4. The monoisotopic (exact) mass is 453 g/mol. The molecule has 156 valence electrons. The summed E-state index contributed by atoms with van der Waals surface area (Å²) >= 11 is 12.7. The number of thiophene rings is 1. The number of halogens is 1. The van der Waals surface area contributed by atoms with E-state index in [0.717, 1.165) is 11.3 Å². The molecule has 0 radical (unpaired) electrons. The standard InChI is InChI=1S/C20H24ClN3O3S2/c1-6-24(7-2)18(25)16-12(4)15(19(26)27-5)17(29-16)23-20(28)22-14-10-13(21)9-8-11(14)3/h8-10H,6-7H2,1-5H3,(H2,22,23,28). The van der Waals surface area contributed by atoms with E-state index in [4.69, 9.17) is 28.6 Å². The van der Waals surface area contributed by atoms with E-state index in [9.17, 15) is 9.59 Å². The van der Waals surface area contributed by atoms with Crippen LogP contribution in [0.15, 0.2) is 18.2 Å². The van der Waals surface area contributed by atoms with Crippen LogP contribution in [0.2, 0.25) is 5.02 Å². The molecule has 0 unspecified atom stereocenters. The van der Waals surface area contributed by atoms with Crippen molar-refractivity contribution in [2.45, 2.75) is 27.7 Å². The minimum atomic E-state index is -0.526. The lowest BCUT2D eigenvalue weighted by molar-refractivity contribution is 0.0601. The van der Waals surface area contributed by atoms with E-state index in [1.54, 1.807) is 24.0 Å². The first kappa shape index (κ1) is 23.1. The van der Waals surface area contributed by atoms with E-state index in [-0.39, 0.29) is 11.0 Å². The summed E-state index contributed by atoms with van der Waals surface area (Å²) in [6, 6.07) is 5.44. The van der Waals surface area contributed by atoms with Crippen molar-refractivity contribution in [3.8, 4) is 0 Å². The van der Waals surface area contributed by atoms with Gasteiger partial charge in [-0.3, -0.25) is 4.79 Å². The Morgan fingerprint density at radius 3 is 2.45 bits per heavy atom. The lowest BCUT2D eigenvalue weighted by Gasteiger charge is -2.18. The smallest absolute Gasteiger partial charge is 0.341 e. The van der Waals surface area contributed by atoms with Crippen molar-refractivity contribution >= 4 is 62.8 Å². The number of benzene rings is 1. The highest BCUT2D eigenvalue weighted by molar-refractivity contribution is 7.80. The molecule has 0 spiro atoms. The average molecular weight is 454 g/mol. The van der Waals surface area contributed by atoms with E-state index in [0.29, 0.717) is 39.1 Å². The van der Waals surface area contributed by atoms with Crippen molar-refractivity contribution in [3.63, 3.8) is 0 Å². The van der Waals surface area contributed by atoms with Crippen LogP contribution < -0.4 is 10.6 Å². The number of thiocarbonyl (C=S) groups is 1. The van der Waals surface area contributed by atoms with Gasteiger partial charge in [0.1, 0.15) is 5.00 Å². The topological polar surface area (TPSA) is 70.7 Å². The van der Waals surface area contributed by atoms with Gasteiger partial charge in [0.15, 0.2) is 5.11 Å². The third kappa shape index (κ3) is 5.26. The highest BCUT2D eigenvalue weighted by Crippen LogP contribution is 2.35. The molecule has 0 saturated heterocycles. The molecule has 2 N–H and O–H groups in total. The molecule has 0 fully saturated rings. The van der Waals surface area contributed by atoms with Gasteiger partial charge in [-0.15, -0.1) is 11.3 Å². The average Bonchev–Trinajstić information content (AvgIpc) is 3.00. The molecule has 1 aromatic carbocycles. The van der Waals surface area contributed by atoms with E-state index in [1.165, 1.54) is 18.4 Å². The van der Waals surface area contributed by atoms with Gasteiger partial charge in [-0.2, -0.15) is 0 Å². The number of carbonyl (C=O) groups is 2. The molecule has 0 saturated carbocycles. The van der Waals surface area contributed by atoms with Gasteiger partial charge in [-0.25, -0.2) is 4.79 Å². The van der Waals surface area contributed by atoms with Gasteiger partial charge in [0, 0.05) is 23.8 Å². The van der Waals surface area contributed by atoms with Gasteiger partial charge < -0.3 is 20.3 Å². The summed E-state index contributed by atoms with van der Waals surface area (Å²) in [7, 11) is 1.31. The minimum absolute atomic E-state index is 0.125. The van der Waals surface area contributed by atoms with Crippen LogP contribution in [-0.4, -0.2) is 42.1 Å². The lowest BCUT2D eigenvalue weighted by atomic mass is 10.1. The summed E-state index contributed by atoms with van der Waals surface area (Å²) in [5.74, 6) is -0.651. The molecule has 0 atom stereocenters. The van der Waals surface area contributed by atoms with E-state index in [2.05, 4.69) is 10.6 Å². The molecular weight excluding hydrogens is 430 g/mol. The van der Waals surface area contributed by atoms with Gasteiger partial charge >= 0.3 is 5.97 Å². The van der Waals surface area contributed by atoms with Crippen molar-refractivity contribution in [2.75, 3.05) is 30.8 Å². The maximum atomic E-state index is 12.9. The lowest BCUT2D eigenvalue weighted by Crippen LogP contribution is -2.30. The maximum Gasteiger partial charge on any atom is 0.341 e. The van der Waals surface area contributed by atoms with Gasteiger partial charge in [-0.05, 0) is 63.2 Å². The summed E-state index contributed by atoms with van der Waals surface area (Å²) in [5, 5.41) is 7.44. The number of amides is 1. The van der Waals surface area contributed by atoms with Crippen LogP contribution in [0.5, 0.6) is 0 Å². The van der Waals surface area contributed by atoms with Crippen LogP contribution in [0, 0.1) is 13.8 Å². The number of aryl methyl sites for hydroxylation is 1. The Hall–Kier alpha value is -2.16. The Kier molecular flexibility index (Phi) is 8.01. The van der Waals surface area contributed by atoms with Gasteiger partial charge in [-0.1, -0.05) is 17.7 Å². The minimum Gasteiger partial charge on any atom is -0.465 e. The fourth-order valence-electron chi connectivity index (χ4n) is 2.79. The summed E-state index contributed by atoms with van der Waals surface area (Å²) in [6.07, 6.45) is 0. The van der Waals surface area contributed by atoms with Crippen LogP contribution in [0.25, 0.3) is 0 Å². The summed E-state index contributed by atoms with van der Waals surface area (Å²) in [6.45, 7) is 8.65. The zero-order valence-corrected chi connectivity index (χ0v) is 19.4. The first-order chi connectivity index (χ1) is 13.7. The van der Waals surface area contributed by atoms with Crippen LogP contribution >= 0.6 is 35.2 Å². The highest BCUT2D eigenvalue weighted by atomic mass is 35.5. The largest absolute Gasteiger partial charge is 0.465 e. The molecule has 1 heterocycles. The molecule has 2 rings (SSSR count). The molecule has 0 aliphatic carbocycles. The number of hydrogen-bond donors (Lipinski definition) is 2. The highest BCUT2D eigenvalue weighted by Gasteiger charge is 2.27. The Morgan fingerprint density at radius 2 is 1.86 bits per heavy atom. The van der Waals surface area contributed by atoms with E-state index >= 15 is 0 Å². The van der Waals surface area contributed by atoms with Gasteiger partial charge in [0.05, 0.1) is 17.6 Å². The molecule has 0 aliphatic heterocycles. The Bertz CT molecular complexity index is 939. The molecule has 2 aromatic rings. The van der Waals surface area contributed by atoms with Crippen LogP contribution in [-0.2, 0) is 4.74 Å². The molecule has 29 heavy (non-hydrogen) atoms. The molecule has 0 bridgehead atoms. The van der Waals surface area contributed by atoms with E-state index in [1.807, 2.05) is 26.8 Å². The summed E-state index contributed by atoms with van der Waals surface area (Å²) in [4.78, 5) is 27.4. The second-order valence-electron chi connectivity index (χ2n) is 6.27. The number of rotatable bonds is 6. The van der Waals surface area contributed by atoms with Crippen molar-refractivity contribution in [2.24, 2.45) is 0 Å². The second kappa shape index (κ2) is 10.0. The van der Waals surface area contributed by atoms with Gasteiger partial charge in [0.25, 0.3) is 5.91 Å². The van der Waals surface area contributed by atoms with Crippen LogP contribution in [0.1, 0.15) is 45.0 Å². The molecule has 9 heteroatoms. The van der Waals surface area contributed by atoms with Crippen LogP contribution in [0.3, 0.4) is 0 Å². The Balaban J connectivity index is 2.36. The number of hydrogen-bond acceptors (Lipinski definition) is 5. The number of carbonyl (C=O) groups excluding carboxylic acids is 2. The Labute approximate surface area is 185 Å². The van der Waals surface area contributed by atoms with Crippen molar-refractivity contribution in [3.05, 3.63) is 44.8 Å². The molecule has 1 aromatic heterocycles. The number of ether oxygens (including phenoxy) is 1. The van der Waals surface area contributed by atoms with E-state index < -0.39 is 5.97 Å². The third-order valence-corrected chi connectivity index (χ3v) is 6.09. The van der Waals surface area contributed by atoms with Crippen molar-refractivity contribution < 1.29 is 14.3 Å². The number of methoxy groups -OCH3 is 1. The summed E-state index contributed by atoms with van der Waals surface area (Å²) in [5.41, 5.74) is 2.59. The Morgan fingerprint density at radius 1 is 1.21 bits per heavy atom. The van der Waals surface area contributed by atoms with Crippen LogP contribution in [0.4, 0.5) is 10.7 Å². The second-order valence-corrected chi connectivity index (χ2v) is 8.13. The SMILES string of the molecule is CCN(CC)C(=O)c1sc(NC(=S)Nc2cc(Cl)ccc2C)c(C(=O)OC)c1C. The number of anilines is 2. The molecule has 0 aliphatic rings. The van der Waals surface area contributed by atoms with Crippen molar-refractivity contribution in [1.82, 2.24) is 4.90 Å². The quantitative estimate of drug-likeness (QED) is 0.468. The first-order valence-corrected chi connectivity index (χ1v) is 10.7. The van der Waals surface area contributed by atoms with Gasteiger partial charge in [0.2, 0.25) is 0 Å². The fraction of sp³-hybridized carbons (Fsp3) is 0.350. The van der Waals surface area contributed by atoms with Crippen molar-refractivity contribution in [1.29, 1.82) is 0 Å². The number of nitrogens with zero attached hydrogens (tertiary/aromatic N) is 1. The molecule has 6 nitrogen and oxygen atoms in total. The predicted octanol–water partition coefficient (Wildman–Crippen LogP) is 5.10. The molecular formula is C20H24ClN3O3S2. The zero-order chi connectivity index (χ0) is 21.7. The predicted molar refractivity (Wildman–Crippen MR) is 124 cm³/mol. The zero-order valence-electron chi connectivity index (χ0n) is 17.0. The third-order valence-electron chi connectivity index (χ3n) is 4.46. The number of esters is 1.